The molecule has 2 rings (SSSR count). The van der Waals surface area contributed by atoms with Crippen molar-refractivity contribution in [2.45, 2.75) is 6.10 Å². The first-order valence-electron chi connectivity index (χ1n) is 6.53. The van der Waals surface area contributed by atoms with E-state index < -0.39 is 22.0 Å². The zero-order valence-corrected chi connectivity index (χ0v) is 12.8. The summed E-state index contributed by atoms with van der Waals surface area (Å²) < 4.78 is 25.0. The third-order valence-corrected chi connectivity index (χ3v) is 5.56. The van der Waals surface area contributed by atoms with Crippen molar-refractivity contribution in [3.05, 3.63) is 23.9 Å². The molecule has 0 bridgehead atoms. The van der Waals surface area contributed by atoms with E-state index in [0.29, 0.717) is 17.9 Å². The Morgan fingerprint density at radius 1 is 1.52 bits per heavy atom. The number of pyridine rings is 1. The maximum Gasteiger partial charge on any atom is 0.214 e. The number of anilines is 1. The molecule has 0 spiro atoms. The van der Waals surface area contributed by atoms with Gasteiger partial charge in [0.1, 0.15) is 11.9 Å². The van der Waals surface area contributed by atoms with Crippen molar-refractivity contribution in [2.24, 2.45) is 5.92 Å². The molecule has 1 saturated heterocycles. The highest BCUT2D eigenvalue weighted by Gasteiger charge is 2.36. The van der Waals surface area contributed by atoms with Crippen molar-refractivity contribution in [3.8, 4) is 6.07 Å². The van der Waals surface area contributed by atoms with Crippen molar-refractivity contribution in [1.29, 1.82) is 5.26 Å². The first-order valence-corrected chi connectivity index (χ1v) is 8.14. The number of hydrogen-bond donors (Lipinski definition) is 1. The third kappa shape index (κ3) is 3.32. The standard InChI is InChI=1S/C13H18N4O3S/c1-16(2)21(19,20)9-11-7-17(8-12(11)18)13-10(6-14)4-3-5-15-13/h3-5,11-12,18H,7-9H2,1-2H3/t11-,12-/m0/s1. The van der Waals surface area contributed by atoms with Crippen LogP contribution >= 0.6 is 0 Å². The smallest absolute Gasteiger partial charge is 0.214 e. The molecule has 2 atom stereocenters. The average Bonchev–Trinajstić information content (AvgIpc) is 2.79. The Labute approximate surface area is 124 Å². The molecule has 0 saturated carbocycles. The molecule has 0 radical (unpaired) electrons. The van der Waals surface area contributed by atoms with Crippen LogP contribution in [0.2, 0.25) is 0 Å². The zero-order chi connectivity index (χ0) is 15.6. The van der Waals surface area contributed by atoms with E-state index in [1.165, 1.54) is 14.1 Å². The monoisotopic (exact) mass is 310 g/mol. The first kappa shape index (κ1) is 15.7. The van der Waals surface area contributed by atoms with Gasteiger partial charge in [-0.3, -0.25) is 0 Å². The summed E-state index contributed by atoms with van der Waals surface area (Å²) in [7, 11) is -0.428. The molecule has 0 aromatic carbocycles. The SMILES string of the molecule is CN(C)S(=O)(=O)C[C@@H]1CN(c2ncccc2C#N)C[C@@H]1O. The fourth-order valence-electron chi connectivity index (χ4n) is 2.35. The van der Waals surface area contributed by atoms with E-state index in [1.807, 2.05) is 0 Å². The molecule has 1 aromatic heterocycles. The number of nitrogens with zero attached hydrogens (tertiary/aromatic N) is 4. The minimum Gasteiger partial charge on any atom is -0.391 e. The summed E-state index contributed by atoms with van der Waals surface area (Å²) in [5, 5.41) is 19.2. The highest BCUT2D eigenvalue weighted by Crippen LogP contribution is 2.26. The molecule has 0 unspecified atom stereocenters. The van der Waals surface area contributed by atoms with Gasteiger partial charge in [-0.2, -0.15) is 5.26 Å². The molecule has 1 aliphatic rings. The first-order chi connectivity index (χ1) is 9.85. The van der Waals surface area contributed by atoms with E-state index in [4.69, 9.17) is 5.26 Å². The number of aromatic nitrogens is 1. The molecule has 8 heteroatoms. The van der Waals surface area contributed by atoms with Gasteiger partial charge < -0.3 is 10.0 Å². The van der Waals surface area contributed by atoms with E-state index in [0.717, 1.165) is 4.31 Å². The topological polar surface area (TPSA) is 97.5 Å². The second-order valence-corrected chi connectivity index (χ2v) is 7.51. The lowest BCUT2D eigenvalue weighted by Gasteiger charge is -2.19. The van der Waals surface area contributed by atoms with Crippen LogP contribution in [0.25, 0.3) is 0 Å². The lowest BCUT2D eigenvalue weighted by atomic mass is 10.1. The Morgan fingerprint density at radius 2 is 2.24 bits per heavy atom. The van der Waals surface area contributed by atoms with Gasteiger partial charge >= 0.3 is 0 Å². The van der Waals surface area contributed by atoms with Gasteiger partial charge in [-0.05, 0) is 12.1 Å². The summed E-state index contributed by atoms with van der Waals surface area (Å²) in [4.78, 5) is 5.93. The van der Waals surface area contributed by atoms with Crippen LogP contribution < -0.4 is 4.90 Å². The number of rotatable bonds is 4. The van der Waals surface area contributed by atoms with E-state index in [9.17, 15) is 13.5 Å². The predicted molar refractivity (Wildman–Crippen MR) is 78.1 cm³/mol. The molecule has 21 heavy (non-hydrogen) atoms. The second kappa shape index (κ2) is 5.97. The lowest BCUT2D eigenvalue weighted by molar-refractivity contribution is 0.157. The third-order valence-electron chi connectivity index (χ3n) is 3.59. The average molecular weight is 310 g/mol. The van der Waals surface area contributed by atoms with Crippen LogP contribution in [0.4, 0.5) is 5.82 Å². The van der Waals surface area contributed by atoms with Gasteiger partial charge in [0, 0.05) is 39.3 Å². The molecule has 1 aliphatic heterocycles. The molecule has 0 aliphatic carbocycles. The molecule has 7 nitrogen and oxygen atoms in total. The minimum atomic E-state index is -3.37. The summed E-state index contributed by atoms with van der Waals surface area (Å²) in [6.45, 7) is 0.638. The van der Waals surface area contributed by atoms with E-state index in [1.54, 1.807) is 23.2 Å². The molecule has 114 valence electrons. The van der Waals surface area contributed by atoms with Crippen molar-refractivity contribution in [2.75, 3.05) is 37.8 Å². The quantitative estimate of drug-likeness (QED) is 0.816. The van der Waals surface area contributed by atoms with Crippen LogP contribution in [0.5, 0.6) is 0 Å². The summed E-state index contributed by atoms with van der Waals surface area (Å²) in [6.07, 6.45) is 0.820. The van der Waals surface area contributed by atoms with Crippen molar-refractivity contribution < 1.29 is 13.5 Å². The molecular weight excluding hydrogens is 292 g/mol. The van der Waals surface area contributed by atoms with Gasteiger partial charge in [0.2, 0.25) is 10.0 Å². The molecular formula is C13H18N4O3S. The highest BCUT2D eigenvalue weighted by molar-refractivity contribution is 7.89. The van der Waals surface area contributed by atoms with Crippen LogP contribution in [0.1, 0.15) is 5.56 Å². The van der Waals surface area contributed by atoms with Gasteiger partial charge in [0.15, 0.2) is 0 Å². The number of aliphatic hydroxyl groups excluding tert-OH is 1. The van der Waals surface area contributed by atoms with Gasteiger partial charge in [-0.25, -0.2) is 17.7 Å². The largest absolute Gasteiger partial charge is 0.391 e. The van der Waals surface area contributed by atoms with Crippen LogP contribution in [0.3, 0.4) is 0 Å². The van der Waals surface area contributed by atoms with Crippen molar-refractivity contribution in [1.82, 2.24) is 9.29 Å². The molecule has 1 N–H and O–H groups in total. The minimum absolute atomic E-state index is 0.119. The highest BCUT2D eigenvalue weighted by atomic mass is 32.2. The van der Waals surface area contributed by atoms with Crippen LogP contribution in [-0.4, -0.2) is 61.9 Å². The van der Waals surface area contributed by atoms with Gasteiger partial charge in [0.05, 0.1) is 17.4 Å². The Kier molecular flexibility index (Phi) is 4.46. The van der Waals surface area contributed by atoms with Gasteiger partial charge in [0.25, 0.3) is 0 Å². The normalized spacial score (nSPS) is 22.5. The molecule has 1 fully saturated rings. The second-order valence-electron chi connectivity index (χ2n) is 5.28. The van der Waals surface area contributed by atoms with Gasteiger partial charge in [-0.1, -0.05) is 0 Å². The lowest BCUT2D eigenvalue weighted by Crippen LogP contribution is -2.33. The summed E-state index contributed by atoms with van der Waals surface area (Å²) in [6, 6.07) is 5.38. The number of aliphatic hydroxyl groups is 1. The Balaban J connectivity index is 2.17. The van der Waals surface area contributed by atoms with E-state index >= 15 is 0 Å². The van der Waals surface area contributed by atoms with E-state index in [-0.39, 0.29) is 12.3 Å². The number of sulfonamides is 1. The van der Waals surface area contributed by atoms with Crippen LogP contribution in [0, 0.1) is 17.2 Å². The number of β-amino-alcohol motifs (C(OH)–C–C–N with tert-alkyl or cyclic N) is 1. The summed E-state index contributed by atoms with van der Waals surface area (Å²) >= 11 is 0. The zero-order valence-electron chi connectivity index (χ0n) is 12.0. The number of hydrogen-bond acceptors (Lipinski definition) is 6. The van der Waals surface area contributed by atoms with Crippen molar-refractivity contribution in [3.63, 3.8) is 0 Å². The van der Waals surface area contributed by atoms with Crippen LogP contribution in [0.15, 0.2) is 18.3 Å². The van der Waals surface area contributed by atoms with E-state index in [2.05, 4.69) is 11.1 Å². The van der Waals surface area contributed by atoms with Crippen LogP contribution in [-0.2, 0) is 10.0 Å². The molecule has 1 aromatic rings. The maximum absolute atomic E-state index is 11.9. The Hall–Kier alpha value is -1.69. The molecule has 0 amide bonds. The Bertz CT molecular complexity index is 654. The Morgan fingerprint density at radius 3 is 2.86 bits per heavy atom. The summed E-state index contributed by atoms with van der Waals surface area (Å²) in [5.41, 5.74) is 0.417. The summed E-state index contributed by atoms with van der Waals surface area (Å²) in [5.74, 6) is -0.0263. The fourth-order valence-corrected chi connectivity index (χ4v) is 3.51. The fraction of sp³-hybridized carbons (Fsp3) is 0.538. The number of nitriles is 1. The molecule has 2 heterocycles. The maximum atomic E-state index is 11.9. The van der Waals surface area contributed by atoms with Crippen molar-refractivity contribution >= 4 is 15.8 Å². The van der Waals surface area contributed by atoms with Gasteiger partial charge in [-0.15, -0.1) is 0 Å². The predicted octanol–water partition coefficient (Wildman–Crippen LogP) is -0.358.